The van der Waals surface area contributed by atoms with Gasteiger partial charge in [-0.25, -0.2) is 0 Å². The lowest BCUT2D eigenvalue weighted by molar-refractivity contribution is -0.138. The van der Waals surface area contributed by atoms with Crippen molar-refractivity contribution in [3.63, 3.8) is 0 Å². The van der Waals surface area contributed by atoms with E-state index in [1.165, 1.54) is 85.1 Å². The highest BCUT2D eigenvalue weighted by atomic mass is 33.1. The second-order valence-electron chi connectivity index (χ2n) is 15.5. The van der Waals surface area contributed by atoms with Crippen LogP contribution in [0.15, 0.2) is 24.3 Å². The van der Waals surface area contributed by atoms with Crippen molar-refractivity contribution in [2.45, 2.75) is 160 Å². The highest BCUT2D eigenvalue weighted by Crippen LogP contribution is 2.34. The molecule has 0 radical (unpaired) electrons. The highest BCUT2D eigenvalue weighted by molar-refractivity contribution is 8.76. The molecule has 1 fully saturated rings. The molecule has 2 rings (SSSR count). The number of carboxylic acid groups (broad SMARTS) is 2. The predicted octanol–water partition coefficient (Wildman–Crippen LogP) is 8.74. The fraction of sp³-hybridized carbons (Fsp3) is 0.698. The number of benzene rings is 1. The summed E-state index contributed by atoms with van der Waals surface area (Å²) in [6.45, 7) is 0. The Hall–Kier alpha value is -3.39. The Balaban J connectivity index is 0. The maximum absolute atomic E-state index is 13.5. The number of ketones is 3. The fourth-order valence-electron chi connectivity index (χ4n) is 7.07. The molecule has 1 aromatic carbocycles. The van der Waals surface area contributed by atoms with Gasteiger partial charge in [0.05, 0.1) is 6.04 Å². The van der Waals surface area contributed by atoms with E-state index >= 15 is 0 Å². The number of nitrogens with one attached hydrogen (secondary N) is 1. The third-order valence-electron chi connectivity index (χ3n) is 10.6. The predicted molar refractivity (Wildman–Crippen MR) is 231 cm³/mol. The fourth-order valence-corrected chi connectivity index (χ4v) is 9.76. The van der Waals surface area contributed by atoms with E-state index in [4.69, 9.17) is 10.8 Å². The van der Waals surface area contributed by atoms with Crippen molar-refractivity contribution >= 4 is 62.7 Å². The molecule has 0 saturated carbocycles. The minimum atomic E-state index is -1.09. The molecule has 1 heterocycles. The highest BCUT2D eigenvalue weighted by Gasteiger charge is 2.34. The van der Waals surface area contributed by atoms with Gasteiger partial charge in [-0.3, -0.25) is 33.6 Å². The summed E-state index contributed by atoms with van der Waals surface area (Å²) in [7, 11) is 2.82. The Bertz CT molecular complexity index is 1420. The summed E-state index contributed by atoms with van der Waals surface area (Å²) < 4.78 is 0. The van der Waals surface area contributed by atoms with Crippen LogP contribution < -0.4 is 11.1 Å². The second-order valence-corrected chi connectivity index (χ2v) is 18.1. The van der Waals surface area contributed by atoms with Gasteiger partial charge < -0.3 is 26.4 Å². The molecule has 2 amide bonds. The molecular formula is C43H72N2O10S2. The molecule has 0 aromatic heterocycles. The number of aliphatic carboxylic acids is 2. The minimum absolute atomic E-state index is 0. The normalized spacial score (nSPS) is 16.9. The molecule has 1 aromatic rings. The summed E-state index contributed by atoms with van der Waals surface area (Å²) in [5.74, 6) is -4.97. The molecule has 0 unspecified atom stereocenters. The number of nitrogens with two attached hydrogens (primary N) is 1. The average molecular weight is 841 g/mol. The summed E-state index contributed by atoms with van der Waals surface area (Å²) in [6.07, 6.45) is 17.6. The molecule has 0 spiro atoms. The Kier molecular flexibility index (Phi) is 26.0. The lowest BCUT2D eigenvalue weighted by atomic mass is 9.85. The molecule has 1 saturated heterocycles. The van der Waals surface area contributed by atoms with E-state index in [0.717, 1.165) is 50.5 Å². The van der Waals surface area contributed by atoms with Gasteiger partial charge in [-0.1, -0.05) is 124 Å². The van der Waals surface area contributed by atoms with Crippen LogP contribution in [-0.4, -0.2) is 74.0 Å². The third-order valence-corrected chi connectivity index (χ3v) is 13.2. The first-order valence-electron chi connectivity index (χ1n) is 21.0. The minimum Gasteiger partial charge on any atom is -0.508 e. The zero-order valence-corrected chi connectivity index (χ0v) is 35.2. The molecule has 0 bridgehead atoms. The number of carbonyl (C=O) groups is 7. The van der Waals surface area contributed by atoms with Crippen LogP contribution in [0.5, 0.6) is 5.75 Å². The van der Waals surface area contributed by atoms with Crippen LogP contribution in [0.1, 0.15) is 158 Å². The Morgan fingerprint density at radius 1 is 0.719 bits per heavy atom. The average Bonchev–Trinajstić information content (AvgIpc) is 3.15. The van der Waals surface area contributed by atoms with Crippen molar-refractivity contribution in [1.82, 2.24) is 5.32 Å². The van der Waals surface area contributed by atoms with Gasteiger partial charge >= 0.3 is 11.9 Å². The number of Topliss-reactive ketones (excluding diaryl/α,β-unsaturated/α-hetero) is 3. The number of hydrogen-bond donors (Lipinski definition) is 5. The van der Waals surface area contributed by atoms with Gasteiger partial charge in [0.25, 0.3) is 0 Å². The van der Waals surface area contributed by atoms with Crippen LogP contribution >= 0.6 is 21.6 Å². The first kappa shape index (κ1) is 49.8. The van der Waals surface area contributed by atoms with E-state index in [0.29, 0.717) is 17.9 Å². The molecule has 1 aliphatic rings. The van der Waals surface area contributed by atoms with Crippen LogP contribution in [0.25, 0.3) is 0 Å². The molecule has 12 nitrogen and oxygen atoms in total. The van der Waals surface area contributed by atoms with Crippen LogP contribution in [0.4, 0.5) is 0 Å². The molecule has 6 N–H and O–H groups in total. The van der Waals surface area contributed by atoms with Crippen LogP contribution in [0.3, 0.4) is 0 Å². The van der Waals surface area contributed by atoms with Crippen molar-refractivity contribution < 1.29 is 53.2 Å². The number of primary amides is 1. The van der Waals surface area contributed by atoms with Gasteiger partial charge in [-0.2, -0.15) is 0 Å². The van der Waals surface area contributed by atoms with Gasteiger partial charge in [-0.15, -0.1) is 0 Å². The van der Waals surface area contributed by atoms with E-state index in [1.807, 2.05) is 0 Å². The van der Waals surface area contributed by atoms with Gasteiger partial charge in [0, 0.05) is 72.1 Å². The standard InChI is InChI=1S/C43H66N2O10S2.3H2/c44-43(55)32(25-31-19-21-35(46)22-20-31)26-37(47)33-27-38(48)34(30-57-56-29-33)28-39(49)36(23-24-42(53)54)45-40(50)17-15-13-11-9-7-5-3-1-2-4-6-8-10-12-14-16-18-41(51)52;;;/h19-22,32-34,36,46H,1-18,23-30H2,(H2,44,55)(H,45,50)(H,51,52)(H,53,54);3*1H/t32-,33+,34+,36+;;;/m1.../s1. The quantitative estimate of drug-likeness (QED) is 0.0340. The molecule has 14 heteroatoms. The van der Waals surface area contributed by atoms with Crippen molar-refractivity contribution in [3.8, 4) is 5.75 Å². The van der Waals surface area contributed by atoms with Gasteiger partial charge in [0.1, 0.15) is 17.3 Å². The van der Waals surface area contributed by atoms with Crippen LogP contribution in [0, 0.1) is 17.8 Å². The topological polar surface area (TPSA) is 218 Å². The Morgan fingerprint density at radius 3 is 1.72 bits per heavy atom. The number of rotatable bonds is 32. The first-order chi connectivity index (χ1) is 27.3. The Morgan fingerprint density at radius 2 is 1.21 bits per heavy atom. The van der Waals surface area contributed by atoms with Crippen molar-refractivity contribution in [2.75, 3.05) is 11.5 Å². The van der Waals surface area contributed by atoms with E-state index in [-0.39, 0.29) is 78.9 Å². The number of carbonyl (C=O) groups excluding carboxylic acids is 5. The largest absolute Gasteiger partial charge is 0.508 e. The number of aromatic hydroxyl groups is 1. The van der Waals surface area contributed by atoms with E-state index in [9.17, 15) is 43.8 Å². The second kappa shape index (κ2) is 29.8. The molecule has 57 heavy (non-hydrogen) atoms. The zero-order chi connectivity index (χ0) is 41.8. The van der Waals surface area contributed by atoms with Crippen LogP contribution in [-0.2, 0) is 40.0 Å². The smallest absolute Gasteiger partial charge is 0.303 e. The molecule has 1 aliphatic heterocycles. The van der Waals surface area contributed by atoms with E-state index < -0.39 is 47.4 Å². The zero-order valence-electron chi connectivity index (χ0n) is 33.6. The maximum atomic E-state index is 13.5. The van der Waals surface area contributed by atoms with E-state index in [2.05, 4.69) is 5.32 Å². The van der Waals surface area contributed by atoms with Gasteiger partial charge in [0.2, 0.25) is 11.8 Å². The number of amides is 2. The number of phenolic OH excluding ortho intramolecular Hbond substituents is 1. The van der Waals surface area contributed by atoms with Crippen molar-refractivity contribution in [1.29, 1.82) is 0 Å². The number of hydrogen-bond acceptors (Lipinski definition) is 10. The number of phenols is 1. The first-order valence-corrected chi connectivity index (χ1v) is 23.5. The molecular weight excluding hydrogens is 769 g/mol. The molecule has 0 aliphatic carbocycles. The van der Waals surface area contributed by atoms with Gasteiger partial charge in [-0.05, 0) is 43.4 Å². The molecule has 4 atom stereocenters. The number of unbranched alkanes of at least 4 members (excludes halogenated alkanes) is 15. The summed E-state index contributed by atoms with van der Waals surface area (Å²) in [5.41, 5.74) is 6.36. The summed E-state index contributed by atoms with van der Waals surface area (Å²) >= 11 is 0. The number of carboxylic acids is 2. The van der Waals surface area contributed by atoms with Crippen LogP contribution in [0.2, 0.25) is 0 Å². The summed E-state index contributed by atoms with van der Waals surface area (Å²) in [6, 6.07) is 5.28. The summed E-state index contributed by atoms with van der Waals surface area (Å²) in [5, 5.41) is 30.3. The van der Waals surface area contributed by atoms with Gasteiger partial charge in [0.15, 0.2) is 5.78 Å². The lowest BCUT2D eigenvalue weighted by Crippen LogP contribution is -2.42. The summed E-state index contributed by atoms with van der Waals surface area (Å²) in [4.78, 5) is 87.2. The Labute approximate surface area is 350 Å². The third kappa shape index (κ3) is 23.6. The maximum Gasteiger partial charge on any atom is 0.303 e. The SMILES string of the molecule is NC(=O)[C@@H](CC(=O)[C@@H]1CSSC[C@H](CC(=O)[C@H](CCC(=O)O)NC(=O)CCCCCCCCCCCCCCCCCCC(=O)O)C(=O)C1)Cc1ccc(O)cc1.[HH].[HH].[HH]. The lowest BCUT2D eigenvalue weighted by Gasteiger charge is -2.25. The van der Waals surface area contributed by atoms with Crippen molar-refractivity contribution in [2.24, 2.45) is 23.5 Å². The van der Waals surface area contributed by atoms with Crippen molar-refractivity contribution in [3.05, 3.63) is 29.8 Å². The monoisotopic (exact) mass is 840 g/mol. The van der Waals surface area contributed by atoms with E-state index in [1.54, 1.807) is 12.1 Å². The molecule has 326 valence electrons.